The highest BCUT2D eigenvalue weighted by Gasteiger charge is 2.51. The maximum Gasteiger partial charge on any atom is 0.247 e. The van der Waals surface area contributed by atoms with Crippen molar-refractivity contribution in [1.29, 1.82) is 0 Å². The van der Waals surface area contributed by atoms with Crippen LogP contribution in [0.4, 0.5) is 5.69 Å². The average Bonchev–Trinajstić information content (AvgIpc) is 3.15. The molecule has 4 aliphatic heterocycles. The number of hydrogen-bond acceptors (Lipinski definition) is 6. The summed E-state index contributed by atoms with van der Waals surface area (Å²) in [6.07, 6.45) is 7.92. The van der Waals surface area contributed by atoms with E-state index in [1.165, 1.54) is 0 Å². The minimum Gasteiger partial charge on any atom is -0.387 e. The highest BCUT2D eigenvalue weighted by atomic mass is 16.2. The predicted octanol–water partition coefficient (Wildman–Crippen LogP) is 1.54. The Bertz CT molecular complexity index is 929. The third-order valence-corrected chi connectivity index (χ3v) is 7.81. The standard InChI is InChI=1S/C25H34N6O2/c26-22-16-19(6-11-27-22)17-29-12-7-20(8-13-29)23(32)30-14-9-25(10-15-30)24(33)28-18-31(25)21-4-2-1-3-5-21/h1-6,11,19-20H,7-10,12-18H2,(H2,26,27)(H,28,33). The summed E-state index contributed by atoms with van der Waals surface area (Å²) in [5.74, 6) is 1.57. The molecule has 4 heterocycles. The predicted molar refractivity (Wildman–Crippen MR) is 129 cm³/mol. The van der Waals surface area contributed by atoms with E-state index in [-0.39, 0.29) is 17.7 Å². The monoisotopic (exact) mass is 450 g/mol. The van der Waals surface area contributed by atoms with Gasteiger partial charge >= 0.3 is 0 Å². The largest absolute Gasteiger partial charge is 0.387 e. The Morgan fingerprint density at radius 3 is 2.55 bits per heavy atom. The number of para-hydroxylation sites is 1. The number of likely N-dealkylation sites (tertiary alicyclic amines) is 2. The van der Waals surface area contributed by atoms with Crippen molar-refractivity contribution < 1.29 is 9.59 Å². The van der Waals surface area contributed by atoms with Gasteiger partial charge in [0.1, 0.15) is 5.54 Å². The number of anilines is 1. The van der Waals surface area contributed by atoms with Crippen molar-refractivity contribution in [2.24, 2.45) is 22.6 Å². The summed E-state index contributed by atoms with van der Waals surface area (Å²) in [6, 6.07) is 10.1. The molecule has 33 heavy (non-hydrogen) atoms. The first-order valence-corrected chi connectivity index (χ1v) is 12.2. The molecule has 1 spiro atoms. The molecule has 1 atom stereocenters. The SMILES string of the molecule is NC1=NC=CC(CN2CCC(C(=O)N3CCC4(CC3)C(=O)NCN4c3ccccc3)CC2)C1. The van der Waals surface area contributed by atoms with Crippen LogP contribution in [0.5, 0.6) is 0 Å². The zero-order valence-corrected chi connectivity index (χ0v) is 19.2. The molecule has 8 heteroatoms. The fraction of sp³-hybridized carbons (Fsp3) is 0.560. The lowest BCUT2D eigenvalue weighted by atomic mass is 9.84. The number of nitrogens with zero attached hydrogens (tertiary/aromatic N) is 4. The first-order chi connectivity index (χ1) is 16.0. The lowest BCUT2D eigenvalue weighted by Gasteiger charge is -2.44. The summed E-state index contributed by atoms with van der Waals surface area (Å²) in [5.41, 5.74) is 6.39. The van der Waals surface area contributed by atoms with Crippen molar-refractivity contribution in [2.45, 2.75) is 37.6 Å². The number of carbonyl (C=O) groups is 2. The van der Waals surface area contributed by atoms with E-state index in [0.717, 1.165) is 44.6 Å². The first kappa shape index (κ1) is 21.9. The summed E-state index contributed by atoms with van der Waals surface area (Å²) in [5, 5.41) is 3.04. The van der Waals surface area contributed by atoms with Crippen LogP contribution in [0, 0.1) is 11.8 Å². The number of carbonyl (C=O) groups excluding carboxylic acids is 2. The Morgan fingerprint density at radius 2 is 1.85 bits per heavy atom. The van der Waals surface area contributed by atoms with E-state index >= 15 is 0 Å². The molecular formula is C25H34N6O2. The van der Waals surface area contributed by atoms with Gasteiger partial charge in [-0.1, -0.05) is 24.3 Å². The van der Waals surface area contributed by atoms with Crippen LogP contribution in [-0.4, -0.2) is 72.4 Å². The Balaban J connectivity index is 1.14. The summed E-state index contributed by atoms with van der Waals surface area (Å²) >= 11 is 0. The smallest absolute Gasteiger partial charge is 0.247 e. The molecule has 0 aromatic heterocycles. The van der Waals surface area contributed by atoms with E-state index in [1.54, 1.807) is 0 Å². The summed E-state index contributed by atoms with van der Waals surface area (Å²) in [7, 11) is 0. The van der Waals surface area contributed by atoms with Crippen molar-refractivity contribution >= 4 is 23.3 Å². The molecular weight excluding hydrogens is 416 g/mol. The number of aliphatic imine (C=N–C) groups is 1. The van der Waals surface area contributed by atoms with Crippen molar-refractivity contribution in [2.75, 3.05) is 44.3 Å². The third-order valence-electron chi connectivity index (χ3n) is 7.81. The van der Waals surface area contributed by atoms with E-state index < -0.39 is 5.54 Å². The fourth-order valence-electron chi connectivity index (χ4n) is 5.86. The molecule has 3 N–H and O–H groups in total. The van der Waals surface area contributed by atoms with Gasteiger partial charge in [0.05, 0.1) is 12.5 Å². The van der Waals surface area contributed by atoms with E-state index in [1.807, 2.05) is 29.3 Å². The van der Waals surface area contributed by atoms with Crippen LogP contribution in [0.15, 0.2) is 47.6 Å². The molecule has 3 saturated heterocycles. The van der Waals surface area contributed by atoms with Crippen LogP contribution in [0.2, 0.25) is 0 Å². The minimum absolute atomic E-state index is 0.0893. The van der Waals surface area contributed by atoms with Gasteiger partial charge in [0, 0.05) is 43.9 Å². The van der Waals surface area contributed by atoms with Gasteiger partial charge in [-0.15, -0.1) is 0 Å². The van der Waals surface area contributed by atoms with Crippen LogP contribution < -0.4 is 16.0 Å². The average molecular weight is 451 g/mol. The van der Waals surface area contributed by atoms with Crippen molar-refractivity contribution in [3.8, 4) is 0 Å². The molecule has 1 aromatic carbocycles. The Hall–Kier alpha value is -2.87. The van der Waals surface area contributed by atoms with Gasteiger partial charge in [-0.3, -0.25) is 9.59 Å². The number of hydrogen-bond donors (Lipinski definition) is 2. The lowest BCUT2D eigenvalue weighted by Crippen LogP contribution is -2.58. The van der Waals surface area contributed by atoms with Crippen molar-refractivity contribution in [1.82, 2.24) is 15.1 Å². The minimum atomic E-state index is -0.542. The molecule has 176 valence electrons. The molecule has 0 bridgehead atoms. The highest BCUT2D eigenvalue weighted by molar-refractivity contribution is 5.93. The van der Waals surface area contributed by atoms with Gasteiger partial charge in [0.25, 0.3) is 0 Å². The van der Waals surface area contributed by atoms with E-state index in [4.69, 9.17) is 5.73 Å². The number of amides is 2. The van der Waals surface area contributed by atoms with E-state index in [2.05, 4.69) is 38.3 Å². The number of amidine groups is 1. The Kier molecular flexibility index (Phi) is 6.10. The second kappa shape index (κ2) is 9.17. The molecule has 5 rings (SSSR count). The summed E-state index contributed by atoms with van der Waals surface area (Å²) < 4.78 is 0. The number of nitrogens with one attached hydrogen (secondary N) is 1. The molecule has 3 fully saturated rings. The molecule has 0 saturated carbocycles. The van der Waals surface area contributed by atoms with Gasteiger partial charge in [-0.2, -0.15) is 0 Å². The van der Waals surface area contributed by atoms with E-state index in [0.29, 0.717) is 44.4 Å². The topological polar surface area (TPSA) is 94.3 Å². The molecule has 2 amide bonds. The number of rotatable bonds is 4. The maximum atomic E-state index is 13.3. The van der Waals surface area contributed by atoms with Gasteiger partial charge in [-0.05, 0) is 56.8 Å². The van der Waals surface area contributed by atoms with Crippen LogP contribution in [-0.2, 0) is 9.59 Å². The summed E-state index contributed by atoms with van der Waals surface area (Å²) in [4.78, 5) is 36.9. The molecule has 1 unspecified atom stereocenters. The Morgan fingerprint density at radius 1 is 1.12 bits per heavy atom. The maximum absolute atomic E-state index is 13.3. The zero-order valence-electron chi connectivity index (χ0n) is 19.2. The highest BCUT2D eigenvalue weighted by Crippen LogP contribution is 2.37. The fourth-order valence-corrected chi connectivity index (χ4v) is 5.86. The van der Waals surface area contributed by atoms with E-state index in [9.17, 15) is 9.59 Å². The number of benzene rings is 1. The van der Waals surface area contributed by atoms with Gasteiger partial charge in [0.2, 0.25) is 11.8 Å². The van der Waals surface area contributed by atoms with Gasteiger partial charge in [-0.25, -0.2) is 4.99 Å². The van der Waals surface area contributed by atoms with Crippen LogP contribution >= 0.6 is 0 Å². The number of piperidine rings is 2. The second-order valence-electron chi connectivity index (χ2n) is 9.79. The molecule has 4 aliphatic rings. The van der Waals surface area contributed by atoms with Crippen molar-refractivity contribution in [3.05, 3.63) is 42.6 Å². The van der Waals surface area contributed by atoms with Gasteiger partial charge < -0.3 is 25.8 Å². The van der Waals surface area contributed by atoms with Crippen LogP contribution in [0.3, 0.4) is 0 Å². The summed E-state index contributed by atoms with van der Waals surface area (Å²) in [6.45, 7) is 4.68. The normalized spacial score (nSPS) is 25.9. The molecule has 1 aromatic rings. The molecule has 0 radical (unpaired) electrons. The first-order valence-electron chi connectivity index (χ1n) is 12.2. The molecule has 0 aliphatic carbocycles. The Labute approximate surface area is 195 Å². The van der Waals surface area contributed by atoms with Crippen LogP contribution in [0.1, 0.15) is 32.1 Å². The quantitative estimate of drug-likeness (QED) is 0.726. The zero-order chi connectivity index (χ0) is 22.8. The third kappa shape index (κ3) is 4.36. The van der Waals surface area contributed by atoms with Crippen molar-refractivity contribution in [3.63, 3.8) is 0 Å². The van der Waals surface area contributed by atoms with Crippen LogP contribution in [0.25, 0.3) is 0 Å². The number of nitrogens with two attached hydrogens (primary N) is 1. The second-order valence-corrected chi connectivity index (χ2v) is 9.79. The van der Waals surface area contributed by atoms with Gasteiger partial charge in [0.15, 0.2) is 0 Å². The molecule has 8 nitrogen and oxygen atoms in total. The lowest BCUT2D eigenvalue weighted by molar-refractivity contribution is -0.140.